The first-order valence-electron chi connectivity index (χ1n) is 10.0. The molecule has 0 atom stereocenters. The van der Waals surface area contributed by atoms with E-state index in [1.807, 2.05) is 0 Å². The van der Waals surface area contributed by atoms with Crippen molar-refractivity contribution in [2.24, 2.45) is 5.41 Å². The number of ketones is 1. The van der Waals surface area contributed by atoms with Gasteiger partial charge in [0.15, 0.2) is 5.78 Å². The molecule has 2 aliphatic rings. The van der Waals surface area contributed by atoms with Crippen molar-refractivity contribution < 1.29 is 4.79 Å². The lowest BCUT2D eigenvalue weighted by molar-refractivity contribution is -0.117. The fourth-order valence-electron chi connectivity index (χ4n) is 4.83. The maximum Gasteiger partial charge on any atom is 0.180 e. The summed E-state index contributed by atoms with van der Waals surface area (Å²) in [6.45, 7) is 7.27. The number of carbonyl (C=O) groups is 1. The molecule has 0 saturated carbocycles. The van der Waals surface area contributed by atoms with Gasteiger partial charge in [-0.05, 0) is 58.4 Å². The van der Waals surface area contributed by atoms with Crippen molar-refractivity contribution in [3.8, 4) is 0 Å². The van der Waals surface area contributed by atoms with Crippen LogP contribution in [0.2, 0.25) is 0 Å². The number of Topliss-reactive ketones (excluding diaryl/α,β-unsaturated/α-hetero) is 1. The number of allylic oxidation sites excluding steroid dienone is 2. The zero-order valence-electron chi connectivity index (χ0n) is 16.8. The van der Waals surface area contributed by atoms with Gasteiger partial charge in [-0.2, -0.15) is 0 Å². The fourth-order valence-corrected chi connectivity index (χ4v) is 4.83. The van der Waals surface area contributed by atoms with Crippen LogP contribution in [0.3, 0.4) is 0 Å². The smallest absolute Gasteiger partial charge is 0.180 e. The second-order valence-corrected chi connectivity index (χ2v) is 9.01. The van der Waals surface area contributed by atoms with Gasteiger partial charge in [0.1, 0.15) is 0 Å². The van der Waals surface area contributed by atoms with Gasteiger partial charge in [0, 0.05) is 18.7 Å². The van der Waals surface area contributed by atoms with Crippen LogP contribution in [0.5, 0.6) is 0 Å². The Morgan fingerprint density at radius 3 is 2.43 bits per heavy atom. The summed E-state index contributed by atoms with van der Waals surface area (Å²) in [5.41, 5.74) is 7.05. The molecule has 0 bridgehead atoms. The average Bonchev–Trinajstić information content (AvgIpc) is 2.66. The summed E-state index contributed by atoms with van der Waals surface area (Å²) in [6, 6.07) is 21.5. The Morgan fingerprint density at radius 2 is 1.64 bits per heavy atom. The van der Waals surface area contributed by atoms with Gasteiger partial charge in [-0.15, -0.1) is 0 Å². The second-order valence-electron chi connectivity index (χ2n) is 9.01. The quantitative estimate of drug-likeness (QED) is 0.505. The van der Waals surface area contributed by atoms with Crippen LogP contribution in [0.1, 0.15) is 43.4 Å². The number of anilines is 1. The highest BCUT2D eigenvalue weighted by Crippen LogP contribution is 2.48. The molecule has 0 fully saturated rings. The Labute approximate surface area is 166 Å². The summed E-state index contributed by atoms with van der Waals surface area (Å²) < 4.78 is 0. The highest BCUT2D eigenvalue weighted by atomic mass is 16.1. The van der Waals surface area contributed by atoms with Gasteiger partial charge in [-0.1, -0.05) is 67.9 Å². The van der Waals surface area contributed by atoms with Gasteiger partial charge < -0.3 is 4.90 Å². The van der Waals surface area contributed by atoms with Crippen LogP contribution in [0, 0.1) is 12.3 Å². The lowest BCUT2D eigenvalue weighted by Crippen LogP contribution is -2.38. The lowest BCUT2D eigenvalue weighted by atomic mass is 9.71. The van der Waals surface area contributed by atoms with E-state index in [2.05, 4.69) is 86.3 Å². The monoisotopic (exact) mass is 367 g/mol. The highest BCUT2D eigenvalue weighted by molar-refractivity contribution is 6.11. The molecule has 1 aliphatic heterocycles. The van der Waals surface area contributed by atoms with E-state index in [1.165, 1.54) is 33.0 Å². The third-order valence-electron chi connectivity index (χ3n) is 6.11. The molecule has 0 unspecified atom stereocenters. The highest BCUT2D eigenvalue weighted by Gasteiger charge is 2.39. The van der Waals surface area contributed by atoms with Crippen LogP contribution >= 0.6 is 0 Å². The van der Waals surface area contributed by atoms with Crippen LogP contribution in [0.4, 0.5) is 5.69 Å². The summed E-state index contributed by atoms with van der Waals surface area (Å²) in [7, 11) is 0. The number of fused-ring (bicyclic) bond motifs is 4. The predicted octanol–water partition coefficient (Wildman–Crippen LogP) is 6.27. The van der Waals surface area contributed by atoms with Crippen molar-refractivity contribution in [3.05, 3.63) is 83.1 Å². The van der Waals surface area contributed by atoms with Crippen molar-refractivity contribution in [3.63, 3.8) is 0 Å². The predicted molar refractivity (Wildman–Crippen MR) is 116 cm³/mol. The Bertz CT molecular complexity index is 1130. The summed E-state index contributed by atoms with van der Waals surface area (Å²) >= 11 is 0. The molecular weight excluding hydrogens is 342 g/mol. The van der Waals surface area contributed by atoms with Gasteiger partial charge >= 0.3 is 0 Å². The van der Waals surface area contributed by atoms with Gasteiger partial charge in [0.05, 0.1) is 5.70 Å². The zero-order valence-corrected chi connectivity index (χ0v) is 16.8. The topological polar surface area (TPSA) is 20.3 Å². The molecule has 3 aromatic carbocycles. The Hall–Kier alpha value is -2.87. The van der Waals surface area contributed by atoms with Gasteiger partial charge in [-0.3, -0.25) is 4.79 Å². The Balaban J connectivity index is 1.79. The summed E-state index contributed by atoms with van der Waals surface area (Å²) in [5.74, 6) is 0.269. The zero-order chi connectivity index (χ0) is 19.5. The number of hydrogen-bond donors (Lipinski definition) is 0. The number of rotatable bonds is 1. The van der Waals surface area contributed by atoms with E-state index in [1.54, 1.807) is 0 Å². The largest absolute Gasteiger partial charge is 0.334 e. The van der Waals surface area contributed by atoms with E-state index >= 15 is 0 Å². The van der Waals surface area contributed by atoms with E-state index < -0.39 is 0 Å². The Kier molecular flexibility index (Phi) is 3.74. The third-order valence-corrected chi connectivity index (χ3v) is 6.11. The van der Waals surface area contributed by atoms with Gasteiger partial charge in [0.25, 0.3) is 0 Å². The van der Waals surface area contributed by atoms with Crippen LogP contribution in [0.15, 0.2) is 66.4 Å². The van der Waals surface area contributed by atoms with Crippen LogP contribution in [-0.4, -0.2) is 5.78 Å². The molecule has 2 heteroatoms. The van der Waals surface area contributed by atoms with E-state index in [9.17, 15) is 4.79 Å². The minimum Gasteiger partial charge on any atom is -0.334 e. The molecule has 0 saturated heterocycles. The first kappa shape index (κ1) is 17.2. The molecule has 140 valence electrons. The van der Waals surface area contributed by atoms with Crippen molar-refractivity contribution in [2.45, 2.75) is 40.2 Å². The molecule has 0 N–H and O–H groups in total. The molecular formula is C26H25NO. The lowest BCUT2D eigenvalue weighted by Gasteiger charge is -2.41. The van der Waals surface area contributed by atoms with Crippen LogP contribution in [-0.2, 0) is 11.3 Å². The van der Waals surface area contributed by atoms with Gasteiger partial charge in [-0.25, -0.2) is 0 Å². The molecule has 28 heavy (non-hydrogen) atoms. The van der Waals surface area contributed by atoms with Gasteiger partial charge in [0.2, 0.25) is 0 Å². The molecule has 0 spiro atoms. The number of benzene rings is 3. The summed E-state index contributed by atoms with van der Waals surface area (Å²) in [4.78, 5) is 15.6. The summed E-state index contributed by atoms with van der Waals surface area (Å²) in [6.07, 6.45) is 1.53. The van der Waals surface area contributed by atoms with E-state index in [4.69, 9.17) is 0 Å². The second kappa shape index (κ2) is 6.07. The van der Waals surface area contributed by atoms with E-state index in [0.717, 1.165) is 24.4 Å². The van der Waals surface area contributed by atoms with Crippen molar-refractivity contribution in [2.75, 3.05) is 4.90 Å². The Morgan fingerprint density at radius 1 is 0.893 bits per heavy atom. The van der Waals surface area contributed by atoms with Crippen molar-refractivity contribution in [1.29, 1.82) is 0 Å². The number of carbonyl (C=O) groups excluding carboxylic acids is 1. The minimum atomic E-state index is -0.0135. The van der Waals surface area contributed by atoms with Crippen molar-refractivity contribution in [1.82, 2.24) is 0 Å². The number of aryl methyl sites for hydroxylation is 1. The fraction of sp³-hybridized carbons (Fsp3) is 0.269. The third kappa shape index (κ3) is 2.67. The SMILES string of the molecule is Cc1ccc(N2Cc3ccc4ccccc4c3C3=C2C(=O)CC(C)(C)C3)cc1. The first-order valence-corrected chi connectivity index (χ1v) is 10.0. The maximum absolute atomic E-state index is 13.3. The van der Waals surface area contributed by atoms with Crippen LogP contribution < -0.4 is 4.90 Å². The molecule has 1 aliphatic carbocycles. The molecule has 1 heterocycles. The maximum atomic E-state index is 13.3. The summed E-state index contributed by atoms with van der Waals surface area (Å²) in [5, 5.41) is 2.51. The molecule has 5 rings (SSSR count). The average molecular weight is 367 g/mol. The standard InChI is InChI=1S/C26H25NO/c1-17-8-12-20(13-9-17)27-16-19-11-10-18-6-4-5-7-21(18)24(19)22-14-26(2,3)15-23(28)25(22)27/h4-13H,14-16H2,1-3H3. The van der Waals surface area contributed by atoms with E-state index in [0.29, 0.717) is 6.42 Å². The number of hydrogen-bond acceptors (Lipinski definition) is 2. The normalized spacial score (nSPS) is 18.2. The first-order chi connectivity index (χ1) is 13.4. The van der Waals surface area contributed by atoms with Crippen molar-refractivity contribution >= 4 is 27.8 Å². The molecule has 3 aromatic rings. The molecule has 0 aromatic heterocycles. The molecule has 0 amide bonds. The van der Waals surface area contributed by atoms with E-state index in [-0.39, 0.29) is 11.2 Å². The number of nitrogens with zero attached hydrogens (tertiary/aromatic N) is 1. The molecule has 0 radical (unpaired) electrons. The molecule has 2 nitrogen and oxygen atoms in total. The van der Waals surface area contributed by atoms with Crippen LogP contribution in [0.25, 0.3) is 16.3 Å². The minimum absolute atomic E-state index is 0.0135.